The average Bonchev–Trinajstić information content (AvgIpc) is 2.79. The number of nitrogens with zero attached hydrogens (tertiary/aromatic N) is 3. The smallest absolute Gasteiger partial charge is 0.279 e. The molecule has 0 atom stereocenters. The molecule has 3 aromatic rings. The second kappa shape index (κ2) is 9.27. The van der Waals surface area contributed by atoms with Gasteiger partial charge in [-0.1, -0.05) is 48.0 Å². The molecule has 31 heavy (non-hydrogen) atoms. The van der Waals surface area contributed by atoms with E-state index < -0.39 is 0 Å². The maximum atomic E-state index is 13.2. The molecule has 6 heteroatoms. The lowest BCUT2D eigenvalue weighted by Crippen LogP contribution is -2.45. The molecule has 1 fully saturated rings. The van der Waals surface area contributed by atoms with E-state index >= 15 is 0 Å². The fourth-order valence-electron chi connectivity index (χ4n) is 3.93. The predicted molar refractivity (Wildman–Crippen MR) is 124 cm³/mol. The standard InChI is InChI=1S/C25H28N4O2/c1-18(2)12-15-28-16-13-19(14-17-28)26-24(30)23-21-10-6-7-11-22(21)25(31)29(27-23)20-8-4-3-5-9-20/h3-12,19H,13-17H2,1-2H3,(H,26,30). The molecule has 1 N–H and O–H groups in total. The molecule has 2 aromatic carbocycles. The number of benzene rings is 2. The van der Waals surface area contributed by atoms with Gasteiger partial charge in [0.2, 0.25) is 0 Å². The fraction of sp³-hybridized carbons (Fsp3) is 0.320. The number of nitrogens with one attached hydrogen (secondary N) is 1. The summed E-state index contributed by atoms with van der Waals surface area (Å²) in [5.41, 5.74) is 2.01. The molecule has 1 aliphatic rings. The van der Waals surface area contributed by atoms with Crippen molar-refractivity contribution in [3.05, 3.63) is 82.3 Å². The summed E-state index contributed by atoms with van der Waals surface area (Å²) in [6.07, 6.45) is 4.04. The van der Waals surface area contributed by atoms with Crippen LogP contribution in [0.2, 0.25) is 0 Å². The van der Waals surface area contributed by atoms with Gasteiger partial charge in [-0.15, -0.1) is 0 Å². The molecule has 0 radical (unpaired) electrons. The molecule has 2 heterocycles. The Hall–Kier alpha value is -3.25. The van der Waals surface area contributed by atoms with E-state index in [1.54, 1.807) is 12.1 Å². The Labute approximate surface area is 182 Å². The quantitative estimate of drug-likeness (QED) is 0.646. The molecule has 0 unspecified atom stereocenters. The zero-order valence-corrected chi connectivity index (χ0v) is 18.0. The summed E-state index contributed by atoms with van der Waals surface area (Å²) < 4.78 is 1.32. The van der Waals surface area contributed by atoms with Gasteiger partial charge in [0.1, 0.15) is 0 Å². The Bertz CT molecular complexity index is 1160. The maximum Gasteiger partial charge on any atom is 0.279 e. The van der Waals surface area contributed by atoms with Gasteiger partial charge in [-0.25, -0.2) is 0 Å². The molecule has 0 saturated carbocycles. The normalized spacial score (nSPS) is 15.0. The monoisotopic (exact) mass is 416 g/mol. The Kier molecular flexibility index (Phi) is 6.28. The number of carbonyl (C=O) groups excluding carboxylic acids is 1. The van der Waals surface area contributed by atoms with Crippen molar-refractivity contribution in [2.45, 2.75) is 32.7 Å². The lowest BCUT2D eigenvalue weighted by atomic mass is 10.0. The molecular formula is C25H28N4O2. The van der Waals surface area contributed by atoms with Crippen molar-refractivity contribution in [2.24, 2.45) is 0 Å². The van der Waals surface area contributed by atoms with E-state index in [1.165, 1.54) is 10.3 Å². The van der Waals surface area contributed by atoms with E-state index in [-0.39, 0.29) is 23.2 Å². The molecule has 0 spiro atoms. The summed E-state index contributed by atoms with van der Waals surface area (Å²) in [6.45, 7) is 7.08. The summed E-state index contributed by atoms with van der Waals surface area (Å²) in [5.74, 6) is -0.233. The van der Waals surface area contributed by atoms with E-state index in [0.717, 1.165) is 32.5 Å². The van der Waals surface area contributed by atoms with Gasteiger partial charge in [0.15, 0.2) is 5.69 Å². The van der Waals surface area contributed by atoms with Crippen LogP contribution < -0.4 is 10.9 Å². The lowest BCUT2D eigenvalue weighted by molar-refractivity contribution is 0.0909. The van der Waals surface area contributed by atoms with Crippen LogP contribution in [0.25, 0.3) is 16.5 Å². The Morgan fingerprint density at radius 1 is 1.03 bits per heavy atom. The summed E-state index contributed by atoms with van der Waals surface area (Å²) >= 11 is 0. The maximum absolute atomic E-state index is 13.2. The number of aromatic nitrogens is 2. The number of hydrogen-bond acceptors (Lipinski definition) is 4. The minimum Gasteiger partial charge on any atom is -0.348 e. The molecule has 4 rings (SSSR count). The Morgan fingerprint density at radius 3 is 2.35 bits per heavy atom. The second-order valence-corrected chi connectivity index (χ2v) is 8.28. The van der Waals surface area contributed by atoms with Crippen LogP contribution in [0.5, 0.6) is 0 Å². The van der Waals surface area contributed by atoms with Gasteiger partial charge in [0.05, 0.1) is 11.1 Å². The van der Waals surface area contributed by atoms with Crippen LogP contribution in [0.3, 0.4) is 0 Å². The van der Waals surface area contributed by atoms with Gasteiger partial charge in [0.25, 0.3) is 11.5 Å². The Balaban J connectivity index is 1.58. The van der Waals surface area contributed by atoms with E-state index in [4.69, 9.17) is 0 Å². The summed E-state index contributed by atoms with van der Waals surface area (Å²) in [4.78, 5) is 28.6. The topological polar surface area (TPSA) is 67.2 Å². The molecule has 0 aliphatic carbocycles. The van der Waals surface area contributed by atoms with Gasteiger partial charge in [-0.3, -0.25) is 14.5 Å². The fourth-order valence-corrected chi connectivity index (χ4v) is 3.93. The van der Waals surface area contributed by atoms with Gasteiger partial charge >= 0.3 is 0 Å². The highest BCUT2D eigenvalue weighted by Crippen LogP contribution is 2.17. The molecule has 1 saturated heterocycles. The number of para-hydroxylation sites is 1. The predicted octanol–water partition coefficient (Wildman–Crippen LogP) is 3.55. The minimum absolute atomic E-state index is 0.105. The molecule has 160 valence electrons. The van der Waals surface area contributed by atoms with Crippen molar-refractivity contribution in [3.8, 4) is 5.69 Å². The van der Waals surface area contributed by atoms with E-state index in [9.17, 15) is 9.59 Å². The number of carbonyl (C=O) groups is 1. The van der Waals surface area contributed by atoms with Crippen LogP contribution in [-0.4, -0.2) is 46.3 Å². The number of piperidine rings is 1. The number of amides is 1. The van der Waals surface area contributed by atoms with Gasteiger partial charge in [-0.05, 0) is 44.9 Å². The van der Waals surface area contributed by atoms with E-state index in [1.807, 2.05) is 42.5 Å². The number of rotatable bonds is 5. The Morgan fingerprint density at radius 2 is 1.68 bits per heavy atom. The van der Waals surface area contributed by atoms with Crippen molar-refractivity contribution in [2.75, 3.05) is 19.6 Å². The van der Waals surface area contributed by atoms with E-state index in [2.05, 4.69) is 35.2 Å². The molecular weight excluding hydrogens is 388 g/mol. The van der Waals surface area contributed by atoms with Crippen LogP contribution in [0.4, 0.5) is 0 Å². The molecule has 1 amide bonds. The van der Waals surface area contributed by atoms with Crippen LogP contribution >= 0.6 is 0 Å². The first-order valence-corrected chi connectivity index (χ1v) is 10.8. The zero-order chi connectivity index (χ0) is 21.8. The third-order valence-corrected chi connectivity index (χ3v) is 5.70. The first-order valence-electron chi connectivity index (χ1n) is 10.8. The van der Waals surface area contributed by atoms with Crippen molar-refractivity contribution in [1.82, 2.24) is 20.0 Å². The van der Waals surface area contributed by atoms with Crippen molar-refractivity contribution in [3.63, 3.8) is 0 Å². The molecule has 1 aromatic heterocycles. The molecule has 1 aliphatic heterocycles. The van der Waals surface area contributed by atoms with Crippen LogP contribution in [0.1, 0.15) is 37.2 Å². The minimum atomic E-state index is -0.233. The highest BCUT2D eigenvalue weighted by Gasteiger charge is 2.23. The molecule has 6 nitrogen and oxygen atoms in total. The van der Waals surface area contributed by atoms with Crippen molar-refractivity contribution in [1.29, 1.82) is 0 Å². The van der Waals surface area contributed by atoms with Gasteiger partial charge in [0, 0.05) is 31.1 Å². The number of likely N-dealkylation sites (tertiary alicyclic amines) is 1. The number of hydrogen-bond donors (Lipinski definition) is 1. The first-order chi connectivity index (χ1) is 15.0. The highest BCUT2D eigenvalue weighted by molar-refractivity contribution is 6.05. The first kappa shape index (κ1) is 21.0. The second-order valence-electron chi connectivity index (χ2n) is 8.28. The highest BCUT2D eigenvalue weighted by atomic mass is 16.2. The largest absolute Gasteiger partial charge is 0.348 e. The lowest BCUT2D eigenvalue weighted by Gasteiger charge is -2.31. The van der Waals surface area contributed by atoms with Gasteiger partial charge < -0.3 is 5.32 Å². The number of allylic oxidation sites excluding steroid dienone is 1. The van der Waals surface area contributed by atoms with Crippen LogP contribution in [-0.2, 0) is 0 Å². The summed E-state index contributed by atoms with van der Waals surface area (Å²) in [6, 6.07) is 16.5. The molecule has 0 bridgehead atoms. The van der Waals surface area contributed by atoms with Gasteiger partial charge in [-0.2, -0.15) is 9.78 Å². The number of fused-ring (bicyclic) bond motifs is 1. The van der Waals surface area contributed by atoms with Crippen LogP contribution in [0.15, 0.2) is 71.0 Å². The summed E-state index contributed by atoms with van der Waals surface area (Å²) in [5, 5.41) is 8.70. The van der Waals surface area contributed by atoms with Crippen molar-refractivity contribution >= 4 is 16.7 Å². The van der Waals surface area contributed by atoms with E-state index in [0.29, 0.717) is 16.5 Å². The van der Waals surface area contributed by atoms with Crippen molar-refractivity contribution < 1.29 is 4.79 Å². The third kappa shape index (κ3) is 4.75. The van der Waals surface area contributed by atoms with Crippen LogP contribution in [0, 0.1) is 0 Å². The third-order valence-electron chi connectivity index (χ3n) is 5.70. The average molecular weight is 417 g/mol. The summed E-state index contributed by atoms with van der Waals surface area (Å²) in [7, 11) is 0. The SMILES string of the molecule is CC(C)=CCN1CCC(NC(=O)c2nn(-c3ccccc3)c(=O)c3ccccc23)CC1. The zero-order valence-electron chi connectivity index (χ0n) is 18.0.